The fourth-order valence-corrected chi connectivity index (χ4v) is 3.61. The SMILES string of the molecule is O=C(NCc1cccc(Cl)c1)[C@H]1CCCN(c2nnc3ccccn23)C1. The van der Waals surface area contributed by atoms with Crippen molar-refractivity contribution in [2.45, 2.75) is 19.4 Å². The van der Waals surface area contributed by atoms with E-state index >= 15 is 0 Å². The van der Waals surface area contributed by atoms with Crippen molar-refractivity contribution >= 4 is 29.1 Å². The fourth-order valence-electron chi connectivity index (χ4n) is 3.40. The van der Waals surface area contributed by atoms with Crippen LogP contribution in [0.4, 0.5) is 5.95 Å². The first kappa shape index (κ1) is 16.8. The molecule has 0 unspecified atom stereocenters. The van der Waals surface area contributed by atoms with Gasteiger partial charge in [-0.25, -0.2) is 0 Å². The number of nitrogens with zero attached hydrogens (tertiary/aromatic N) is 4. The number of carbonyl (C=O) groups is 1. The van der Waals surface area contributed by atoms with E-state index in [0.29, 0.717) is 18.1 Å². The van der Waals surface area contributed by atoms with Crippen LogP contribution >= 0.6 is 11.6 Å². The zero-order valence-electron chi connectivity index (χ0n) is 14.3. The number of hydrogen-bond donors (Lipinski definition) is 1. The predicted octanol–water partition coefficient (Wildman–Crippen LogP) is 2.92. The van der Waals surface area contributed by atoms with Gasteiger partial charge in [0.15, 0.2) is 5.65 Å². The van der Waals surface area contributed by atoms with Crippen molar-refractivity contribution in [1.29, 1.82) is 0 Å². The summed E-state index contributed by atoms with van der Waals surface area (Å²) in [4.78, 5) is 14.8. The minimum atomic E-state index is -0.0565. The van der Waals surface area contributed by atoms with Gasteiger partial charge in [-0.3, -0.25) is 9.20 Å². The molecule has 26 heavy (non-hydrogen) atoms. The Kier molecular flexibility index (Phi) is 4.75. The highest BCUT2D eigenvalue weighted by molar-refractivity contribution is 6.30. The van der Waals surface area contributed by atoms with Crippen molar-refractivity contribution < 1.29 is 4.79 Å². The van der Waals surface area contributed by atoms with Crippen molar-refractivity contribution in [3.63, 3.8) is 0 Å². The molecule has 3 aromatic rings. The Morgan fingerprint density at radius 3 is 3.04 bits per heavy atom. The fraction of sp³-hybridized carbons (Fsp3) is 0.316. The maximum Gasteiger partial charge on any atom is 0.231 e. The number of halogens is 1. The molecule has 0 radical (unpaired) electrons. The number of carbonyl (C=O) groups excluding carboxylic acids is 1. The van der Waals surface area contributed by atoms with E-state index in [0.717, 1.165) is 36.5 Å². The Morgan fingerprint density at radius 1 is 1.23 bits per heavy atom. The van der Waals surface area contributed by atoms with Gasteiger partial charge >= 0.3 is 0 Å². The van der Waals surface area contributed by atoms with Crippen LogP contribution in [0.2, 0.25) is 5.02 Å². The van der Waals surface area contributed by atoms with E-state index in [1.807, 2.05) is 53.1 Å². The third-order valence-corrected chi connectivity index (χ3v) is 4.96. The minimum absolute atomic E-state index is 0.0565. The maximum atomic E-state index is 12.6. The minimum Gasteiger partial charge on any atom is -0.352 e. The topological polar surface area (TPSA) is 62.5 Å². The lowest BCUT2D eigenvalue weighted by molar-refractivity contribution is -0.125. The lowest BCUT2D eigenvalue weighted by Crippen LogP contribution is -2.43. The molecule has 6 nitrogen and oxygen atoms in total. The van der Waals surface area contributed by atoms with Gasteiger partial charge in [-0.15, -0.1) is 10.2 Å². The Labute approximate surface area is 156 Å². The van der Waals surface area contributed by atoms with E-state index in [9.17, 15) is 4.79 Å². The molecule has 1 fully saturated rings. The van der Waals surface area contributed by atoms with E-state index in [1.165, 1.54) is 0 Å². The van der Waals surface area contributed by atoms with Crippen LogP contribution in [0.15, 0.2) is 48.7 Å². The van der Waals surface area contributed by atoms with Crippen LogP contribution < -0.4 is 10.2 Å². The first-order valence-corrected chi connectivity index (χ1v) is 9.15. The molecule has 134 valence electrons. The largest absolute Gasteiger partial charge is 0.352 e. The molecule has 0 bridgehead atoms. The lowest BCUT2D eigenvalue weighted by Gasteiger charge is -2.32. The van der Waals surface area contributed by atoms with Crippen molar-refractivity contribution in [2.24, 2.45) is 5.92 Å². The molecule has 1 atom stereocenters. The first-order valence-electron chi connectivity index (χ1n) is 8.77. The van der Waals surface area contributed by atoms with E-state index in [2.05, 4.69) is 20.4 Å². The molecular formula is C19H20ClN5O. The summed E-state index contributed by atoms with van der Waals surface area (Å²) < 4.78 is 1.96. The van der Waals surface area contributed by atoms with E-state index < -0.39 is 0 Å². The zero-order chi connectivity index (χ0) is 17.9. The van der Waals surface area contributed by atoms with Gasteiger partial charge in [0.05, 0.1) is 5.92 Å². The van der Waals surface area contributed by atoms with Gasteiger partial charge < -0.3 is 10.2 Å². The average molecular weight is 370 g/mol. The van der Waals surface area contributed by atoms with Gasteiger partial charge in [0.25, 0.3) is 0 Å². The quantitative estimate of drug-likeness (QED) is 0.768. The molecule has 3 heterocycles. The van der Waals surface area contributed by atoms with Crippen LogP contribution in [0.25, 0.3) is 5.65 Å². The van der Waals surface area contributed by atoms with E-state index in [1.54, 1.807) is 0 Å². The van der Waals surface area contributed by atoms with Gasteiger partial charge in [-0.2, -0.15) is 0 Å². The third-order valence-electron chi connectivity index (χ3n) is 4.73. The summed E-state index contributed by atoms with van der Waals surface area (Å²) in [5, 5.41) is 12.2. The van der Waals surface area contributed by atoms with Gasteiger partial charge in [0.2, 0.25) is 11.9 Å². The van der Waals surface area contributed by atoms with E-state index in [-0.39, 0.29) is 11.8 Å². The van der Waals surface area contributed by atoms with Gasteiger partial charge in [0.1, 0.15) is 0 Å². The second-order valence-corrected chi connectivity index (χ2v) is 7.00. The summed E-state index contributed by atoms with van der Waals surface area (Å²) in [7, 11) is 0. The molecule has 0 aliphatic carbocycles. The molecule has 2 aromatic heterocycles. The normalized spacial score (nSPS) is 17.4. The zero-order valence-corrected chi connectivity index (χ0v) is 15.1. The number of hydrogen-bond acceptors (Lipinski definition) is 4. The molecule has 4 rings (SSSR count). The summed E-state index contributed by atoms with van der Waals surface area (Å²) in [6, 6.07) is 13.4. The predicted molar refractivity (Wildman–Crippen MR) is 101 cm³/mol. The van der Waals surface area contributed by atoms with E-state index in [4.69, 9.17) is 11.6 Å². The van der Waals surface area contributed by atoms with Gasteiger partial charge in [0, 0.05) is 30.9 Å². The Bertz CT molecular complexity index is 925. The molecule has 1 aliphatic heterocycles. The summed E-state index contributed by atoms with van der Waals surface area (Å²) in [5.74, 6) is 0.815. The van der Waals surface area contributed by atoms with Crippen LogP contribution in [0.3, 0.4) is 0 Å². The number of aromatic nitrogens is 3. The maximum absolute atomic E-state index is 12.6. The lowest BCUT2D eigenvalue weighted by atomic mass is 9.97. The Balaban J connectivity index is 1.42. The number of anilines is 1. The van der Waals surface area contributed by atoms with Crippen molar-refractivity contribution in [3.8, 4) is 0 Å². The van der Waals surface area contributed by atoms with Crippen molar-refractivity contribution in [2.75, 3.05) is 18.0 Å². The molecule has 0 spiro atoms. The number of rotatable bonds is 4. The van der Waals surface area contributed by atoms with Crippen LogP contribution in [0.5, 0.6) is 0 Å². The Morgan fingerprint density at radius 2 is 2.15 bits per heavy atom. The van der Waals surface area contributed by atoms with Crippen LogP contribution in [-0.4, -0.2) is 33.6 Å². The highest BCUT2D eigenvalue weighted by Gasteiger charge is 2.27. The summed E-state index contributed by atoms with van der Waals surface area (Å²) in [5.41, 5.74) is 1.82. The monoisotopic (exact) mass is 369 g/mol. The highest BCUT2D eigenvalue weighted by atomic mass is 35.5. The first-order chi connectivity index (χ1) is 12.7. The highest BCUT2D eigenvalue weighted by Crippen LogP contribution is 2.22. The summed E-state index contributed by atoms with van der Waals surface area (Å²) in [6.45, 7) is 2.02. The molecule has 7 heteroatoms. The second kappa shape index (κ2) is 7.33. The molecule has 1 aromatic carbocycles. The summed E-state index contributed by atoms with van der Waals surface area (Å²) in [6.07, 6.45) is 3.79. The van der Waals surface area contributed by atoms with Crippen LogP contribution in [0, 0.1) is 5.92 Å². The van der Waals surface area contributed by atoms with Crippen LogP contribution in [0.1, 0.15) is 18.4 Å². The van der Waals surface area contributed by atoms with Crippen molar-refractivity contribution in [3.05, 3.63) is 59.2 Å². The number of benzene rings is 1. The Hall–Kier alpha value is -2.60. The van der Waals surface area contributed by atoms with Crippen molar-refractivity contribution in [1.82, 2.24) is 19.9 Å². The number of pyridine rings is 1. The average Bonchev–Trinajstić information content (AvgIpc) is 3.10. The molecule has 1 amide bonds. The molecule has 1 N–H and O–H groups in total. The second-order valence-electron chi connectivity index (χ2n) is 6.56. The van der Waals surface area contributed by atoms with Gasteiger partial charge in [-0.05, 0) is 42.7 Å². The number of fused-ring (bicyclic) bond motifs is 1. The molecule has 1 saturated heterocycles. The molecule has 0 saturated carbocycles. The standard InChI is InChI=1S/C19H20ClN5O/c20-16-7-3-5-14(11-16)12-21-18(26)15-6-4-9-24(13-15)19-23-22-17-8-1-2-10-25(17)19/h1-3,5,7-8,10-11,15H,4,6,9,12-13H2,(H,21,26)/t15-/m0/s1. The summed E-state index contributed by atoms with van der Waals surface area (Å²) >= 11 is 6.00. The number of amides is 1. The third kappa shape index (κ3) is 3.51. The molecule has 1 aliphatic rings. The number of piperidine rings is 1. The van der Waals surface area contributed by atoms with Gasteiger partial charge in [-0.1, -0.05) is 29.8 Å². The molecular weight excluding hydrogens is 350 g/mol. The van der Waals surface area contributed by atoms with Crippen LogP contribution in [-0.2, 0) is 11.3 Å². The smallest absolute Gasteiger partial charge is 0.231 e. The number of nitrogens with one attached hydrogen (secondary N) is 1.